The normalized spacial score (nSPS) is 23.9. The lowest BCUT2D eigenvalue weighted by Gasteiger charge is -2.52. The number of allylic oxidation sites excluding steroid dienone is 1. The number of methoxy groups -OCH3 is 1. The van der Waals surface area contributed by atoms with Crippen LogP contribution in [0, 0.1) is 34.5 Å². The third kappa shape index (κ3) is 4.58. The van der Waals surface area contributed by atoms with Gasteiger partial charge in [-0.1, -0.05) is 13.0 Å². The van der Waals surface area contributed by atoms with Crippen molar-refractivity contribution in [3.8, 4) is 17.9 Å². The molecule has 3 aliphatic rings. The Bertz CT molecular complexity index is 1140. The molecule has 0 saturated carbocycles. The van der Waals surface area contributed by atoms with Gasteiger partial charge in [0.1, 0.15) is 23.7 Å². The Hall–Kier alpha value is -3.55. The number of benzene rings is 1. The van der Waals surface area contributed by atoms with Gasteiger partial charge < -0.3 is 15.4 Å². The highest BCUT2D eigenvalue weighted by Crippen LogP contribution is 2.42. The smallest absolute Gasteiger partial charge is 0.169 e. The molecule has 0 amide bonds. The lowest BCUT2D eigenvalue weighted by molar-refractivity contribution is 0.00253. The van der Waals surface area contributed by atoms with Crippen LogP contribution in [0.2, 0.25) is 0 Å². The monoisotopic (exact) mass is 456 g/mol. The van der Waals surface area contributed by atoms with E-state index in [2.05, 4.69) is 52.2 Å². The van der Waals surface area contributed by atoms with Crippen molar-refractivity contribution in [3.05, 3.63) is 60.1 Å². The van der Waals surface area contributed by atoms with Gasteiger partial charge in [-0.2, -0.15) is 10.5 Å². The second kappa shape index (κ2) is 10.6. The molecule has 5 atom stereocenters. The molecule has 0 radical (unpaired) electrons. The Morgan fingerprint density at radius 1 is 1.35 bits per heavy atom. The van der Waals surface area contributed by atoms with E-state index in [4.69, 9.17) is 4.74 Å². The summed E-state index contributed by atoms with van der Waals surface area (Å²) in [6, 6.07) is 12.1. The number of nitrogens with one attached hydrogen (secondary N) is 2. The van der Waals surface area contributed by atoms with Crippen LogP contribution in [-0.2, 0) is 0 Å². The van der Waals surface area contributed by atoms with Crippen molar-refractivity contribution in [2.24, 2.45) is 11.8 Å². The third-order valence-electron chi connectivity index (χ3n) is 7.18. The topological polar surface area (TPSA) is 97.0 Å². The summed E-state index contributed by atoms with van der Waals surface area (Å²) >= 11 is 0. The summed E-state index contributed by atoms with van der Waals surface area (Å²) in [7, 11) is 1.66. The van der Waals surface area contributed by atoms with Gasteiger partial charge in [0.2, 0.25) is 0 Å². The second-order valence-corrected chi connectivity index (χ2v) is 9.05. The SMILES string of the molecule is C=CC1CN2CCC1CC2[C@@H](NC(NCCC)=C(C#N)C#N)c1ccnc2ccc(OC)cc12. The number of aromatic nitrogens is 1. The summed E-state index contributed by atoms with van der Waals surface area (Å²) < 4.78 is 5.51. The van der Waals surface area contributed by atoms with Crippen molar-refractivity contribution in [2.45, 2.75) is 38.3 Å². The Balaban J connectivity index is 1.82. The fourth-order valence-corrected chi connectivity index (χ4v) is 5.40. The van der Waals surface area contributed by atoms with Crippen LogP contribution in [0.3, 0.4) is 0 Å². The zero-order valence-electron chi connectivity index (χ0n) is 19.9. The highest BCUT2D eigenvalue weighted by Gasteiger charge is 2.43. The molecule has 0 aliphatic carbocycles. The summed E-state index contributed by atoms with van der Waals surface area (Å²) in [5.74, 6) is 2.35. The molecule has 34 heavy (non-hydrogen) atoms. The maximum absolute atomic E-state index is 9.64. The van der Waals surface area contributed by atoms with Gasteiger partial charge in [0.15, 0.2) is 5.57 Å². The van der Waals surface area contributed by atoms with Crippen LogP contribution in [0.25, 0.3) is 10.9 Å². The number of piperidine rings is 3. The number of hydrogen-bond donors (Lipinski definition) is 2. The van der Waals surface area contributed by atoms with Gasteiger partial charge >= 0.3 is 0 Å². The number of nitrogens with zero attached hydrogens (tertiary/aromatic N) is 4. The van der Waals surface area contributed by atoms with Crippen LogP contribution >= 0.6 is 0 Å². The van der Waals surface area contributed by atoms with Crippen LogP contribution in [0.15, 0.2) is 54.5 Å². The minimum Gasteiger partial charge on any atom is -0.497 e. The lowest BCUT2D eigenvalue weighted by Crippen LogP contribution is -2.57. The van der Waals surface area contributed by atoms with E-state index in [0.29, 0.717) is 24.2 Å². The van der Waals surface area contributed by atoms with Gasteiger partial charge in [-0.15, -0.1) is 6.58 Å². The summed E-state index contributed by atoms with van der Waals surface area (Å²) in [6.07, 6.45) is 7.01. The maximum atomic E-state index is 9.64. The van der Waals surface area contributed by atoms with E-state index < -0.39 is 0 Å². The van der Waals surface area contributed by atoms with E-state index in [0.717, 1.165) is 48.1 Å². The Morgan fingerprint density at radius 2 is 2.18 bits per heavy atom. The van der Waals surface area contributed by atoms with Gasteiger partial charge in [0.05, 0.1) is 18.7 Å². The first-order valence-electron chi connectivity index (χ1n) is 12.0. The van der Waals surface area contributed by atoms with Crippen LogP contribution in [0.4, 0.5) is 0 Å². The second-order valence-electron chi connectivity index (χ2n) is 9.05. The average Bonchev–Trinajstić information content (AvgIpc) is 2.90. The van der Waals surface area contributed by atoms with E-state index in [-0.39, 0.29) is 17.7 Å². The molecule has 1 aromatic carbocycles. The molecule has 3 saturated heterocycles. The average molecular weight is 457 g/mol. The van der Waals surface area contributed by atoms with Crippen LogP contribution in [-0.4, -0.2) is 42.7 Å². The van der Waals surface area contributed by atoms with E-state index in [1.807, 2.05) is 30.5 Å². The van der Waals surface area contributed by atoms with Crippen molar-refractivity contribution in [1.29, 1.82) is 10.5 Å². The number of nitriles is 2. The van der Waals surface area contributed by atoms with E-state index in [1.165, 1.54) is 6.42 Å². The molecule has 3 aliphatic heterocycles. The van der Waals surface area contributed by atoms with Crippen molar-refractivity contribution in [1.82, 2.24) is 20.5 Å². The Kier molecular flexibility index (Phi) is 7.35. The number of rotatable bonds is 9. The van der Waals surface area contributed by atoms with Crippen molar-refractivity contribution < 1.29 is 4.74 Å². The van der Waals surface area contributed by atoms with E-state index >= 15 is 0 Å². The summed E-state index contributed by atoms with van der Waals surface area (Å²) in [6.45, 7) is 8.81. The maximum Gasteiger partial charge on any atom is 0.169 e. The molecule has 176 valence electrons. The number of fused-ring (bicyclic) bond motifs is 4. The fraction of sp³-hybridized carbons (Fsp3) is 0.444. The summed E-state index contributed by atoms with van der Waals surface area (Å²) in [5, 5.41) is 27.2. The molecule has 4 unspecified atom stereocenters. The van der Waals surface area contributed by atoms with Crippen molar-refractivity contribution in [3.63, 3.8) is 0 Å². The minimum atomic E-state index is -0.137. The molecular weight excluding hydrogens is 424 g/mol. The van der Waals surface area contributed by atoms with Gasteiger partial charge in [-0.25, -0.2) is 0 Å². The van der Waals surface area contributed by atoms with E-state index in [9.17, 15) is 10.5 Å². The predicted molar refractivity (Wildman–Crippen MR) is 132 cm³/mol. The van der Waals surface area contributed by atoms with Crippen molar-refractivity contribution in [2.75, 3.05) is 26.7 Å². The molecule has 5 rings (SSSR count). The number of hydrogen-bond acceptors (Lipinski definition) is 7. The van der Waals surface area contributed by atoms with E-state index in [1.54, 1.807) is 7.11 Å². The summed E-state index contributed by atoms with van der Waals surface area (Å²) in [4.78, 5) is 7.11. The lowest BCUT2D eigenvalue weighted by atomic mass is 9.73. The highest BCUT2D eigenvalue weighted by molar-refractivity contribution is 5.84. The Morgan fingerprint density at radius 3 is 2.82 bits per heavy atom. The molecule has 2 aromatic rings. The standard InChI is InChI=1S/C27H32N6O/c1-4-10-31-27(20(15-28)16-29)32-26(25-13-19-9-12-33(25)17-18(19)5-2)22-8-11-30-24-7-6-21(34-3)14-23(22)24/h5-8,11,14,18-19,25-26,31-32H,2,4,9-10,12-13,17H2,1,3H3/t18?,19?,25?,26-/m0/s1. The zero-order chi connectivity index (χ0) is 24.1. The quantitative estimate of drug-likeness (QED) is 0.434. The molecule has 0 spiro atoms. The third-order valence-corrected chi connectivity index (χ3v) is 7.18. The molecule has 4 heterocycles. The minimum absolute atomic E-state index is 0.0642. The Labute approximate surface area is 201 Å². The van der Waals surface area contributed by atoms with Gasteiger partial charge in [0.25, 0.3) is 0 Å². The van der Waals surface area contributed by atoms with Crippen LogP contribution in [0.5, 0.6) is 5.75 Å². The molecule has 1 aromatic heterocycles. The molecule has 2 bridgehead atoms. The first-order valence-corrected chi connectivity index (χ1v) is 12.0. The first kappa shape index (κ1) is 23.6. The van der Waals surface area contributed by atoms with Crippen LogP contribution in [0.1, 0.15) is 37.8 Å². The molecule has 3 fully saturated rings. The van der Waals surface area contributed by atoms with Crippen LogP contribution < -0.4 is 15.4 Å². The number of ether oxygens (including phenoxy) is 1. The fourth-order valence-electron chi connectivity index (χ4n) is 5.40. The van der Waals surface area contributed by atoms with Gasteiger partial charge in [0, 0.05) is 30.7 Å². The number of pyridine rings is 1. The molecule has 7 heteroatoms. The predicted octanol–water partition coefficient (Wildman–Crippen LogP) is 4.03. The first-order chi connectivity index (χ1) is 16.6. The zero-order valence-corrected chi connectivity index (χ0v) is 19.9. The van der Waals surface area contributed by atoms with Gasteiger partial charge in [-0.05, 0) is 67.5 Å². The molecular formula is C27H32N6O. The highest BCUT2D eigenvalue weighted by atomic mass is 16.5. The molecule has 2 N–H and O–H groups in total. The largest absolute Gasteiger partial charge is 0.497 e. The van der Waals surface area contributed by atoms with Crippen molar-refractivity contribution >= 4 is 10.9 Å². The van der Waals surface area contributed by atoms with Gasteiger partial charge in [-0.3, -0.25) is 9.88 Å². The summed E-state index contributed by atoms with van der Waals surface area (Å²) in [5.41, 5.74) is 2.04. The molecule has 7 nitrogen and oxygen atoms in total.